The Morgan fingerprint density at radius 2 is 1.95 bits per heavy atom. The van der Waals surface area contributed by atoms with Gasteiger partial charge in [0.15, 0.2) is 0 Å². The first-order chi connectivity index (χ1) is 9.53. The van der Waals surface area contributed by atoms with Gasteiger partial charge in [0.2, 0.25) is 5.91 Å². The van der Waals surface area contributed by atoms with E-state index in [1.807, 2.05) is 6.92 Å². The number of hydrogen-bond acceptors (Lipinski definition) is 3. The van der Waals surface area contributed by atoms with E-state index in [4.69, 9.17) is 10.5 Å². The summed E-state index contributed by atoms with van der Waals surface area (Å²) in [5.74, 6) is 0.771. The molecule has 0 saturated heterocycles. The number of rotatable bonds is 4. The average Bonchev–Trinajstić information content (AvgIpc) is 2.45. The van der Waals surface area contributed by atoms with Crippen molar-refractivity contribution in [2.45, 2.75) is 69.9 Å². The van der Waals surface area contributed by atoms with Gasteiger partial charge >= 0.3 is 0 Å². The molecular formula is C16H30N2O2. The third kappa shape index (κ3) is 3.95. The van der Waals surface area contributed by atoms with Crippen LogP contribution >= 0.6 is 0 Å². The third-order valence-electron chi connectivity index (χ3n) is 5.26. The molecule has 3 N–H and O–H groups in total. The Morgan fingerprint density at radius 3 is 2.55 bits per heavy atom. The SMILES string of the molecule is COC1CCC(CNC(=O)C2CCCCC2(C)N)CC1. The van der Waals surface area contributed by atoms with Crippen molar-refractivity contribution in [2.75, 3.05) is 13.7 Å². The number of ether oxygens (including phenoxy) is 1. The molecule has 0 aromatic carbocycles. The van der Waals surface area contributed by atoms with Crippen LogP contribution in [0.25, 0.3) is 0 Å². The molecule has 1 amide bonds. The normalized spacial score (nSPS) is 38.5. The van der Waals surface area contributed by atoms with Crippen LogP contribution in [0.2, 0.25) is 0 Å². The van der Waals surface area contributed by atoms with Crippen LogP contribution in [-0.2, 0) is 9.53 Å². The molecule has 4 nitrogen and oxygen atoms in total. The van der Waals surface area contributed by atoms with Gasteiger partial charge in [-0.15, -0.1) is 0 Å². The van der Waals surface area contributed by atoms with E-state index in [1.165, 1.54) is 0 Å². The lowest BCUT2D eigenvalue weighted by Crippen LogP contribution is -2.53. The minimum atomic E-state index is -0.323. The molecule has 0 bridgehead atoms. The van der Waals surface area contributed by atoms with Crippen molar-refractivity contribution >= 4 is 5.91 Å². The number of nitrogens with two attached hydrogens (primary N) is 1. The first-order valence-corrected chi connectivity index (χ1v) is 8.12. The quantitative estimate of drug-likeness (QED) is 0.831. The minimum Gasteiger partial charge on any atom is -0.381 e. The second-order valence-electron chi connectivity index (χ2n) is 6.93. The van der Waals surface area contributed by atoms with Gasteiger partial charge in [-0.25, -0.2) is 0 Å². The summed E-state index contributed by atoms with van der Waals surface area (Å²) in [5, 5.41) is 3.15. The maximum Gasteiger partial charge on any atom is 0.224 e. The highest BCUT2D eigenvalue weighted by Gasteiger charge is 2.37. The molecular weight excluding hydrogens is 252 g/mol. The summed E-state index contributed by atoms with van der Waals surface area (Å²) in [6.07, 6.45) is 9.16. The Balaban J connectivity index is 1.75. The fourth-order valence-corrected chi connectivity index (χ4v) is 3.73. The molecule has 2 aliphatic carbocycles. The van der Waals surface area contributed by atoms with Crippen LogP contribution < -0.4 is 11.1 Å². The minimum absolute atomic E-state index is 0.00781. The van der Waals surface area contributed by atoms with E-state index in [0.29, 0.717) is 12.0 Å². The number of nitrogens with one attached hydrogen (secondary N) is 1. The monoisotopic (exact) mass is 282 g/mol. The Bertz CT molecular complexity index is 322. The van der Waals surface area contributed by atoms with Gasteiger partial charge in [-0.05, 0) is 51.4 Å². The highest BCUT2D eigenvalue weighted by molar-refractivity contribution is 5.80. The largest absolute Gasteiger partial charge is 0.381 e. The van der Waals surface area contributed by atoms with Crippen LogP contribution in [0, 0.1) is 11.8 Å². The zero-order valence-electron chi connectivity index (χ0n) is 13.0. The van der Waals surface area contributed by atoms with Crippen LogP contribution in [0.1, 0.15) is 58.3 Å². The van der Waals surface area contributed by atoms with Crippen molar-refractivity contribution in [2.24, 2.45) is 17.6 Å². The van der Waals surface area contributed by atoms with Crippen LogP contribution in [0.5, 0.6) is 0 Å². The van der Waals surface area contributed by atoms with Crippen LogP contribution in [0.4, 0.5) is 0 Å². The highest BCUT2D eigenvalue weighted by Crippen LogP contribution is 2.32. The molecule has 0 aromatic rings. The second-order valence-corrected chi connectivity index (χ2v) is 6.93. The molecule has 2 rings (SSSR count). The predicted octanol–water partition coefficient (Wildman–Crippen LogP) is 2.22. The van der Waals surface area contributed by atoms with E-state index < -0.39 is 0 Å². The van der Waals surface area contributed by atoms with Crippen LogP contribution in [0.15, 0.2) is 0 Å². The van der Waals surface area contributed by atoms with Crippen molar-refractivity contribution in [1.29, 1.82) is 0 Å². The van der Waals surface area contributed by atoms with E-state index in [-0.39, 0.29) is 17.4 Å². The number of carbonyl (C=O) groups excluding carboxylic acids is 1. The van der Waals surface area contributed by atoms with E-state index in [9.17, 15) is 4.79 Å². The molecule has 2 fully saturated rings. The standard InChI is InChI=1S/C16H30N2O2/c1-16(17)10-4-3-5-14(16)15(19)18-11-12-6-8-13(20-2)9-7-12/h12-14H,3-11,17H2,1-2H3,(H,18,19). The molecule has 0 aliphatic heterocycles. The van der Waals surface area contributed by atoms with Gasteiger partial charge in [0.05, 0.1) is 12.0 Å². The zero-order valence-corrected chi connectivity index (χ0v) is 13.0. The maximum atomic E-state index is 12.4. The van der Waals surface area contributed by atoms with Gasteiger partial charge in [-0.3, -0.25) is 4.79 Å². The molecule has 0 heterocycles. The highest BCUT2D eigenvalue weighted by atomic mass is 16.5. The molecule has 116 valence electrons. The van der Waals surface area contributed by atoms with E-state index in [0.717, 1.165) is 57.9 Å². The Labute approximate surface area is 122 Å². The van der Waals surface area contributed by atoms with Crippen LogP contribution in [-0.4, -0.2) is 31.2 Å². The van der Waals surface area contributed by atoms with Crippen molar-refractivity contribution in [3.8, 4) is 0 Å². The molecule has 0 aromatic heterocycles. The molecule has 0 radical (unpaired) electrons. The van der Waals surface area contributed by atoms with E-state index >= 15 is 0 Å². The van der Waals surface area contributed by atoms with E-state index in [2.05, 4.69) is 5.32 Å². The van der Waals surface area contributed by atoms with Gasteiger partial charge in [0.25, 0.3) is 0 Å². The summed E-state index contributed by atoms with van der Waals surface area (Å²) in [4.78, 5) is 12.4. The summed E-state index contributed by atoms with van der Waals surface area (Å²) in [7, 11) is 1.79. The average molecular weight is 282 g/mol. The first kappa shape index (κ1) is 15.8. The summed E-state index contributed by atoms with van der Waals surface area (Å²) in [6, 6.07) is 0. The summed E-state index contributed by atoms with van der Waals surface area (Å²) in [5.41, 5.74) is 5.97. The molecule has 2 unspecified atom stereocenters. The number of carbonyl (C=O) groups is 1. The Morgan fingerprint density at radius 1 is 1.25 bits per heavy atom. The lowest BCUT2D eigenvalue weighted by atomic mass is 9.74. The van der Waals surface area contributed by atoms with Gasteiger partial charge in [-0.2, -0.15) is 0 Å². The van der Waals surface area contributed by atoms with Crippen LogP contribution in [0.3, 0.4) is 0 Å². The third-order valence-corrected chi connectivity index (χ3v) is 5.26. The smallest absolute Gasteiger partial charge is 0.224 e. The van der Waals surface area contributed by atoms with E-state index in [1.54, 1.807) is 7.11 Å². The summed E-state index contributed by atoms with van der Waals surface area (Å²) >= 11 is 0. The Hall–Kier alpha value is -0.610. The zero-order chi connectivity index (χ0) is 14.6. The van der Waals surface area contributed by atoms with Crippen molar-refractivity contribution in [3.05, 3.63) is 0 Å². The fourth-order valence-electron chi connectivity index (χ4n) is 3.73. The van der Waals surface area contributed by atoms with Gasteiger partial charge in [0.1, 0.15) is 0 Å². The first-order valence-electron chi connectivity index (χ1n) is 8.12. The lowest BCUT2D eigenvalue weighted by Gasteiger charge is -2.37. The fraction of sp³-hybridized carbons (Fsp3) is 0.938. The molecule has 4 heteroatoms. The van der Waals surface area contributed by atoms with Crippen molar-refractivity contribution in [1.82, 2.24) is 5.32 Å². The molecule has 2 saturated carbocycles. The summed E-state index contributed by atoms with van der Waals surface area (Å²) in [6.45, 7) is 2.84. The number of amides is 1. The molecule has 0 spiro atoms. The molecule has 2 aliphatic rings. The topological polar surface area (TPSA) is 64.3 Å². The van der Waals surface area contributed by atoms with Gasteiger partial charge < -0.3 is 15.8 Å². The van der Waals surface area contributed by atoms with Crippen molar-refractivity contribution in [3.63, 3.8) is 0 Å². The van der Waals surface area contributed by atoms with Gasteiger partial charge in [-0.1, -0.05) is 12.8 Å². The summed E-state index contributed by atoms with van der Waals surface area (Å²) < 4.78 is 5.38. The lowest BCUT2D eigenvalue weighted by molar-refractivity contribution is -0.128. The van der Waals surface area contributed by atoms with Crippen molar-refractivity contribution < 1.29 is 9.53 Å². The maximum absolute atomic E-state index is 12.4. The van der Waals surface area contributed by atoms with Gasteiger partial charge in [0, 0.05) is 19.2 Å². The number of methoxy groups -OCH3 is 1. The second kappa shape index (κ2) is 6.90. The number of hydrogen-bond donors (Lipinski definition) is 2. The molecule has 2 atom stereocenters. The predicted molar refractivity (Wildman–Crippen MR) is 80.3 cm³/mol. The molecule has 20 heavy (non-hydrogen) atoms. The Kier molecular flexibility index (Phi) is 5.44.